The van der Waals surface area contributed by atoms with E-state index < -0.39 is 10.0 Å². The van der Waals surface area contributed by atoms with Crippen LogP contribution in [0.1, 0.15) is 48.0 Å². The highest BCUT2D eigenvalue weighted by Crippen LogP contribution is 2.30. The Hall–Kier alpha value is -2.25. The van der Waals surface area contributed by atoms with Crippen LogP contribution < -0.4 is 14.8 Å². The fraction of sp³-hybridized carbons (Fsp3) is 0.381. The number of anilines is 1. The summed E-state index contributed by atoms with van der Waals surface area (Å²) in [6.45, 7) is 1.79. The number of amides is 1. The number of carbonyl (C=O) groups is 1. The Balaban J connectivity index is 1.86. The van der Waals surface area contributed by atoms with Gasteiger partial charge in [0.2, 0.25) is 0 Å². The molecule has 0 spiro atoms. The molecule has 1 saturated carbocycles. The Morgan fingerprint density at radius 2 is 1.83 bits per heavy atom. The number of benzene rings is 2. The van der Waals surface area contributed by atoms with Crippen molar-refractivity contribution in [3.8, 4) is 5.75 Å². The van der Waals surface area contributed by atoms with Crippen LogP contribution in [0.2, 0.25) is 5.02 Å². The molecule has 1 aliphatic carbocycles. The van der Waals surface area contributed by atoms with Gasteiger partial charge in [-0.25, -0.2) is 8.42 Å². The minimum Gasteiger partial charge on any atom is -0.495 e. The maximum Gasteiger partial charge on any atom is 0.262 e. The third kappa shape index (κ3) is 5.22. The molecule has 156 valence electrons. The predicted octanol–water partition coefficient (Wildman–Crippen LogP) is 4.52. The molecule has 0 unspecified atom stereocenters. The highest BCUT2D eigenvalue weighted by atomic mass is 35.5. The van der Waals surface area contributed by atoms with E-state index in [1.165, 1.54) is 31.7 Å². The van der Waals surface area contributed by atoms with Crippen LogP contribution in [0.5, 0.6) is 5.75 Å². The summed E-state index contributed by atoms with van der Waals surface area (Å²) in [6, 6.07) is 9.34. The Labute approximate surface area is 176 Å². The molecule has 1 aliphatic rings. The molecule has 1 amide bonds. The van der Waals surface area contributed by atoms with Crippen LogP contribution in [0.15, 0.2) is 41.3 Å². The summed E-state index contributed by atoms with van der Waals surface area (Å²) in [5.74, 6) is 0.104. The van der Waals surface area contributed by atoms with Gasteiger partial charge in [-0.1, -0.05) is 36.9 Å². The maximum atomic E-state index is 12.9. The number of methoxy groups -OCH3 is 1. The molecule has 0 aliphatic heterocycles. The van der Waals surface area contributed by atoms with Gasteiger partial charge in [0.15, 0.2) is 0 Å². The SMILES string of the molecule is COc1ccc(Cl)cc1NS(=O)(=O)c1ccc(C)c(C(=O)NC2CCCCC2)c1. The molecule has 0 radical (unpaired) electrons. The molecule has 6 nitrogen and oxygen atoms in total. The van der Waals surface area contributed by atoms with Crippen molar-refractivity contribution in [1.82, 2.24) is 5.32 Å². The number of halogens is 1. The first-order chi connectivity index (χ1) is 13.8. The quantitative estimate of drug-likeness (QED) is 0.697. The van der Waals surface area contributed by atoms with Crippen LogP contribution in [0.3, 0.4) is 0 Å². The normalized spacial score (nSPS) is 15.0. The summed E-state index contributed by atoms with van der Waals surface area (Å²) in [4.78, 5) is 12.8. The zero-order valence-corrected chi connectivity index (χ0v) is 18.1. The van der Waals surface area contributed by atoms with E-state index in [1.807, 2.05) is 0 Å². The Kier molecular flexibility index (Phi) is 6.70. The van der Waals surface area contributed by atoms with Gasteiger partial charge in [-0.05, 0) is 55.7 Å². The molecule has 0 atom stereocenters. The number of rotatable bonds is 6. The van der Waals surface area contributed by atoms with Crippen molar-refractivity contribution in [2.45, 2.75) is 50.0 Å². The monoisotopic (exact) mass is 436 g/mol. The lowest BCUT2D eigenvalue weighted by atomic mass is 9.95. The summed E-state index contributed by atoms with van der Waals surface area (Å²) >= 11 is 5.99. The fourth-order valence-electron chi connectivity index (χ4n) is 3.49. The summed E-state index contributed by atoms with van der Waals surface area (Å²) < 4.78 is 33.5. The van der Waals surface area contributed by atoms with E-state index in [0.717, 1.165) is 31.2 Å². The maximum absolute atomic E-state index is 12.9. The van der Waals surface area contributed by atoms with Crippen molar-refractivity contribution in [3.05, 3.63) is 52.5 Å². The van der Waals surface area contributed by atoms with Gasteiger partial charge in [-0.3, -0.25) is 9.52 Å². The number of ether oxygens (including phenoxy) is 1. The second kappa shape index (κ2) is 9.05. The highest BCUT2D eigenvalue weighted by Gasteiger charge is 2.22. The number of hydrogen-bond acceptors (Lipinski definition) is 4. The van der Waals surface area contributed by atoms with E-state index in [2.05, 4.69) is 10.0 Å². The van der Waals surface area contributed by atoms with Crippen molar-refractivity contribution in [1.29, 1.82) is 0 Å². The van der Waals surface area contributed by atoms with Crippen LogP contribution in [-0.2, 0) is 10.0 Å². The molecule has 8 heteroatoms. The highest BCUT2D eigenvalue weighted by molar-refractivity contribution is 7.92. The fourth-order valence-corrected chi connectivity index (χ4v) is 4.75. The van der Waals surface area contributed by atoms with Gasteiger partial charge in [-0.15, -0.1) is 0 Å². The summed E-state index contributed by atoms with van der Waals surface area (Å²) in [5, 5.41) is 3.41. The Bertz CT molecular complexity index is 1000. The molecule has 1 fully saturated rings. The Morgan fingerprint density at radius 3 is 2.52 bits per heavy atom. The van der Waals surface area contributed by atoms with E-state index in [9.17, 15) is 13.2 Å². The van der Waals surface area contributed by atoms with E-state index in [0.29, 0.717) is 16.3 Å². The number of nitrogens with one attached hydrogen (secondary N) is 2. The first-order valence-corrected chi connectivity index (χ1v) is 11.4. The number of sulfonamides is 1. The van der Waals surface area contributed by atoms with Crippen LogP contribution >= 0.6 is 11.6 Å². The van der Waals surface area contributed by atoms with E-state index in [-0.39, 0.29) is 22.5 Å². The molecule has 2 aromatic rings. The second-order valence-electron chi connectivity index (χ2n) is 7.24. The average Bonchev–Trinajstić information content (AvgIpc) is 2.68. The largest absolute Gasteiger partial charge is 0.495 e. The smallest absolute Gasteiger partial charge is 0.262 e. The molecule has 0 bridgehead atoms. The van der Waals surface area contributed by atoms with Crippen LogP contribution in [0, 0.1) is 6.92 Å². The lowest BCUT2D eigenvalue weighted by Crippen LogP contribution is -2.36. The van der Waals surface area contributed by atoms with Gasteiger partial charge in [0, 0.05) is 16.6 Å². The molecular formula is C21H25ClN2O4S. The van der Waals surface area contributed by atoms with Gasteiger partial charge >= 0.3 is 0 Å². The van der Waals surface area contributed by atoms with Crippen molar-refractivity contribution < 1.29 is 17.9 Å². The van der Waals surface area contributed by atoms with Crippen LogP contribution in [-0.4, -0.2) is 27.5 Å². The molecule has 3 rings (SSSR count). The van der Waals surface area contributed by atoms with Gasteiger partial charge in [0.25, 0.3) is 15.9 Å². The van der Waals surface area contributed by atoms with Crippen molar-refractivity contribution in [2.24, 2.45) is 0 Å². The van der Waals surface area contributed by atoms with Crippen molar-refractivity contribution in [2.75, 3.05) is 11.8 Å². The molecule has 0 aromatic heterocycles. The predicted molar refractivity (Wildman–Crippen MR) is 114 cm³/mol. The molecule has 2 N–H and O–H groups in total. The minimum atomic E-state index is -3.94. The third-order valence-corrected chi connectivity index (χ3v) is 6.71. The molecule has 29 heavy (non-hydrogen) atoms. The topological polar surface area (TPSA) is 84.5 Å². The third-order valence-electron chi connectivity index (χ3n) is 5.11. The summed E-state index contributed by atoms with van der Waals surface area (Å²) in [7, 11) is -2.49. The number of hydrogen-bond donors (Lipinski definition) is 2. The lowest BCUT2D eigenvalue weighted by molar-refractivity contribution is 0.0927. The molecule has 2 aromatic carbocycles. The van der Waals surface area contributed by atoms with E-state index in [4.69, 9.17) is 16.3 Å². The standard InChI is InChI=1S/C21H25ClN2O4S/c1-14-8-10-17(13-18(14)21(25)23-16-6-4-3-5-7-16)29(26,27)24-19-12-15(22)9-11-20(19)28-2/h8-13,16,24H,3-7H2,1-2H3,(H,23,25). The zero-order chi connectivity index (χ0) is 21.0. The second-order valence-corrected chi connectivity index (χ2v) is 9.35. The van der Waals surface area contributed by atoms with Gasteiger partial charge < -0.3 is 10.1 Å². The van der Waals surface area contributed by atoms with Crippen molar-refractivity contribution >= 4 is 33.2 Å². The van der Waals surface area contributed by atoms with Gasteiger partial charge in [0.05, 0.1) is 17.7 Å². The molecule has 0 heterocycles. The lowest BCUT2D eigenvalue weighted by Gasteiger charge is -2.23. The number of aryl methyl sites for hydroxylation is 1. The first kappa shape index (κ1) is 21.5. The van der Waals surface area contributed by atoms with E-state index >= 15 is 0 Å². The van der Waals surface area contributed by atoms with Gasteiger partial charge in [0.1, 0.15) is 5.75 Å². The summed E-state index contributed by atoms with van der Waals surface area (Å²) in [5.41, 5.74) is 1.31. The van der Waals surface area contributed by atoms with Gasteiger partial charge in [-0.2, -0.15) is 0 Å². The molecule has 0 saturated heterocycles. The first-order valence-electron chi connectivity index (χ1n) is 9.58. The van der Waals surface area contributed by atoms with Crippen LogP contribution in [0.25, 0.3) is 0 Å². The van der Waals surface area contributed by atoms with E-state index in [1.54, 1.807) is 25.1 Å². The molecular weight excluding hydrogens is 412 g/mol. The minimum absolute atomic E-state index is 0.000997. The number of carbonyl (C=O) groups excluding carboxylic acids is 1. The average molecular weight is 437 g/mol. The Morgan fingerprint density at radius 1 is 1.10 bits per heavy atom. The zero-order valence-electron chi connectivity index (χ0n) is 16.5. The van der Waals surface area contributed by atoms with Crippen LogP contribution in [0.4, 0.5) is 5.69 Å². The van der Waals surface area contributed by atoms with Crippen molar-refractivity contribution in [3.63, 3.8) is 0 Å². The summed E-state index contributed by atoms with van der Waals surface area (Å²) in [6.07, 6.45) is 5.31.